The first kappa shape index (κ1) is 12.1. The van der Waals surface area contributed by atoms with Gasteiger partial charge < -0.3 is 15.4 Å². The molecule has 0 fully saturated rings. The molecule has 20 heavy (non-hydrogen) atoms. The van der Waals surface area contributed by atoms with Gasteiger partial charge in [0.1, 0.15) is 23.5 Å². The molecule has 98 valence electrons. The summed E-state index contributed by atoms with van der Waals surface area (Å²) in [6.45, 7) is 0. The van der Waals surface area contributed by atoms with Crippen LogP contribution in [-0.2, 0) is 7.05 Å². The Hall–Kier alpha value is -3.00. The van der Waals surface area contributed by atoms with Crippen LogP contribution in [0.25, 0.3) is 11.0 Å². The molecule has 0 unspecified atom stereocenters. The van der Waals surface area contributed by atoms with Gasteiger partial charge in [0.15, 0.2) is 0 Å². The topological polar surface area (TPSA) is 77.0 Å². The predicted octanol–water partition coefficient (Wildman–Crippen LogP) is 1.66. The summed E-state index contributed by atoms with van der Waals surface area (Å²) >= 11 is 0. The van der Waals surface area contributed by atoms with E-state index in [0.29, 0.717) is 5.82 Å². The maximum Gasteiger partial charge on any atom is 0.146 e. The summed E-state index contributed by atoms with van der Waals surface area (Å²) in [4.78, 5) is 8.19. The van der Waals surface area contributed by atoms with Crippen LogP contribution in [0, 0.1) is 11.8 Å². The predicted molar refractivity (Wildman–Crippen MR) is 77.0 cm³/mol. The number of nitrogens with zero attached hydrogens (tertiary/aromatic N) is 3. The highest BCUT2D eigenvalue weighted by Crippen LogP contribution is 2.22. The SMILES string of the molecule is Cn1cc(C#Cc2cccc(O)c2)c2c(N)ncnc21. The smallest absolute Gasteiger partial charge is 0.146 e. The van der Waals surface area contributed by atoms with Crippen molar-refractivity contribution < 1.29 is 5.11 Å². The van der Waals surface area contributed by atoms with E-state index in [1.54, 1.807) is 18.2 Å². The average Bonchev–Trinajstić information content (AvgIpc) is 2.75. The van der Waals surface area contributed by atoms with Gasteiger partial charge in [0, 0.05) is 18.8 Å². The van der Waals surface area contributed by atoms with Gasteiger partial charge >= 0.3 is 0 Å². The molecule has 3 rings (SSSR count). The lowest BCUT2D eigenvalue weighted by Crippen LogP contribution is -1.94. The minimum Gasteiger partial charge on any atom is -0.508 e. The fraction of sp³-hybridized carbons (Fsp3) is 0.0667. The molecule has 0 amide bonds. The van der Waals surface area contributed by atoms with Crippen LogP contribution in [0.15, 0.2) is 36.8 Å². The zero-order valence-corrected chi connectivity index (χ0v) is 10.8. The molecule has 2 aromatic heterocycles. The number of anilines is 1. The lowest BCUT2D eigenvalue weighted by molar-refractivity contribution is 0.475. The quantitative estimate of drug-likeness (QED) is 0.605. The fourth-order valence-corrected chi connectivity index (χ4v) is 2.05. The molecule has 0 spiro atoms. The minimum atomic E-state index is 0.192. The Balaban J connectivity index is 2.13. The Bertz CT molecular complexity index is 855. The van der Waals surface area contributed by atoms with Crippen LogP contribution in [0.3, 0.4) is 0 Å². The largest absolute Gasteiger partial charge is 0.508 e. The normalized spacial score (nSPS) is 10.2. The maximum absolute atomic E-state index is 9.42. The zero-order chi connectivity index (χ0) is 14.1. The Labute approximate surface area is 115 Å². The summed E-state index contributed by atoms with van der Waals surface area (Å²) in [5.41, 5.74) is 8.14. The first-order valence-electron chi connectivity index (χ1n) is 6.01. The molecule has 0 bridgehead atoms. The molecule has 3 aromatic rings. The van der Waals surface area contributed by atoms with Gasteiger partial charge in [-0.1, -0.05) is 17.9 Å². The molecular weight excluding hydrogens is 252 g/mol. The second kappa shape index (κ2) is 4.59. The molecule has 0 atom stereocenters. The van der Waals surface area contributed by atoms with E-state index in [1.165, 1.54) is 6.33 Å². The Morgan fingerprint density at radius 3 is 2.90 bits per heavy atom. The van der Waals surface area contributed by atoms with Crippen LogP contribution in [0.2, 0.25) is 0 Å². The third-order valence-corrected chi connectivity index (χ3v) is 2.97. The van der Waals surface area contributed by atoms with Crippen LogP contribution in [0.4, 0.5) is 5.82 Å². The van der Waals surface area contributed by atoms with Crippen molar-refractivity contribution in [3.8, 4) is 17.6 Å². The van der Waals surface area contributed by atoms with Crippen LogP contribution >= 0.6 is 0 Å². The number of aromatic nitrogens is 3. The van der Waals surface area contributed by atoms with Crippen LogP contribution in [0.1, 0.15) is 11.1 Å². The third kappa shape index (κ3) is 2.04. The second-order valence-electron chi connectivity index (χ2n) is 4.41. The van der Waals surface area contributed by atoms with Crippen molar-refractivity contribution in [1.82, 2.24) is 14.5 Å². The number of aromatic hydroxyl groups is 1. The fourth-order valence-electron chi connectivity index (χ4n) is 2.05. The molecule has 5 heteroatoms. The molecule has 0 saturated carbocycles. The molecule has 0 aliphatic heterocycles. The van der Waals surface area contributed by atoms with Crippen molar-refractivity contribution in [3.05, 3.63) is 47.9 Å². The molecule has 0 radical (unpaired) electrons. The molecule has 0 aliphatic carbocycles. The van der Waals surface area contributed by atoms with E-state index in [0.717, 1.165) is 22.2 Å². The van der Waals surface area contributed by atoms with Crippen molar-refractivity contribution in [2.24, 2.45) is 7.05 Å². The van der Waals surface area contributed by atoms with Crippen molar-refractivity contribution >= 4 is 16.9 Å². The van der Waals surface area contributed by atoms with Gasteiger partial charge in [-0.2, -0.15) is 0 Å². The van der Waals surface area contributed by atoms with Gasteiger partial charge in [-0.15, -0.1) is 0 Å². The number of nitrogens with two attached hydrogens (primary N) is 1. The number of nitrogen functional groups attached to an aromatic ring is 1. The minimum absolute atomic E-state index is 0.192. The van der Waals surface area contributed by atoms with E-state index in [1.807, 2.05) is 23.9 Å². The average molecular weight is 264 g/mol. The molecular formula is C15H12N4O. The monoisotopic (exact) mass is 264 g/mol. The molecule has 2 heterocycles. The molecule has 3 N–H and O–H groups in total. The van der Waals surface area contributed by atoms with E-state index in [9.17, 15) is 5.11 Å². The summed E-state index contributed by atoms with van der Waals surface area (Å²) in [5.74, 6) is 6.66. The van der Waals surface area contributed by atoms with Gasteiger partial charge in [-0.25, -0.2) is 9.97 Å². The van der Waals surface area contributed by atoms with Crippen molar-refractivity contribution in [3.63, 3.8) is 0 Å². The van der Waals surface area contributed by atoms with Crippen LogP contribution in [0.5, 0.6) is 5.75 Å². The maximum atomic E-state index is 9.42. The lowest BCUT2D eigenvalue weighted by Gasteiger charge is -1.96. The number of aryl methyl sites for hydroxylation is 1. The van der Waals surface area contributed by atoms with Crippen molar-refractivity contribution in [2.45, 2.75) is 0 Å². The number of fused-ring (bicyclic) bond motifs is 1. The summed E-state index contributed by atoms with van der Waals surface area (Å²) < 4.78 is 1.86. The van der Waals surface area contributed by atoms with Gasteiger partial charge in [0.05, 0.1) is 10.9 Å². The van der Waals surface area contributed by atoms with E-state index < -0.39 is 0 Å². The summed E-state index contributed by atoms with van der Waals surface area (Å²) in [7, 11) is 1.88. The number of phenolic OH excluding ortho intramolecular Hbond substituents is 1. The Morgan fingerprint density at radius 2 is 2.10 bits per heavy atom. The van der Waals surface area contributed by atoms with Crippen LogP contribution in [-0.4, -0.2) is 19.6 Å². The summed E-state index contributed by atoms with van der Waals surface area (Å²) in [6.07, 6.45) is 3.30. The highest BCUT2D eigenvalue weighted by molar-refractivity contribution is 5.92. The number of hydrogen-bond donors (Lipinski definition) is 2. The van der Waals surface area contributed by atoms with E-state index in [-0.39, 0.29) is 5.75 Å². The number of phenols is 1. The van der Waals surface area contributed by atoms with Crippen molar-refractivity contribution in [1.29, 1.82) is 0 Å². The van der Waals surface area contributed by atoms with Gasteiger partial charge in [0.2, 0.25) is 0 Å². The number of hydrogen-bond acceptors (Lipinski definition) is 4. The summed E-state index contributed by atoms with van der Waals surface area (Å²) in [5, 5.41) is 10.2. The second-order valence-corrected chi connectivity index (χ2v) is 4.41. The number of rotatable bonds is 0. The van der Waals surface area contributed by atoms with Gasteiger partial charge in [0.25, 0.3) is 0 Å². The van der Waals surface area contributed by atoms with Gasteiger partial charge in [-0.3, -0.25) is 0 Å². The molecule has 5 nitrogen and oxygen atoms in total. The first-order valence-corrected chi connectivity index (χ1v) is 6.01. The van der Waals surface area contributed by atoms with Crippen LogP contribution < -0.4 is 5.73 Å². The highest BCUT2D eigenvalue weighted by atomic mass is 16.3. The van der Waals surface area contributed by atoms with E-state index in [2.05, 4.69) is 21.8 Å². The first-order chi connectivity index (χ1) is 9.65. The van der Waals surface area contributed by atoms with E-state index >= 15 is 0 Å². The standard InChI is InChI=1S/C15H12N4O/c1-19-8-11(13-14(16)17-9-18-15(13)19)6-5-10-3-2-4-12(20)7-10/h2-4,7-9,20H,1H3,(H2,16,17,18). The molecule has 0 aliphatic rings. The van der Waals surface area contributed by atoms with Crippen molar-refractivity contribution in [2.75, 3.05) is 5.73 Å². The third-order valence-electron chi connectivity index (χ3n) is 2.97. The number of benzene rings is 1. The highest BCUT2D eigenvalue weighted by Gasteiger charge is 2.09. The lowest BCUT2D eigenvalue weighted by atomic mass is 10.2. The zero-order valence-electron chi connectivity index (χ0n) is 10.8. The Morgan fingerprint density at radius 1 is 1.25 bits per heavy atom. The molecule has 1 aromatic carbocycles. The van der Waals surface area contributed by atoms with E-state index in [4.69, 9.17) is 5.73 Å². The Kier molecular flexibility index (Phi) is 2.77. The summed E-state index contributed by atoms with van der Waals surface area (Å²) in [6, 6.07) is 6.80. The van der Waals surface area contributed by atoms with Gasteiger partial charge in [-0.05, 0) is 18.2 Å². The molecule has 0 saturated heterocycles.